The molecule has 0 aliphatic heterocycles. The number of amides is 1. The predicted molar refractivity (Wildman–Crippen MR) is 117 cm³/mol. The lowest BCUT2D eigenvalue weighted by molar-refractivity contribution is -0.113. The van der Waals surface area contributed by atoms with E-state index in [9.17, 15) is 4.79 Å². The zero-order valence-electron chi connectivity index (χ0n) is 16.3. The van der Waals surface area contributed by atoms with Crippen molar-refractivity contribution < 1.29 is 4.79 Å². The summed E-state index contributed by atoms with van der Waals surface area (Å²) in [5.41, 5.74) is 5.32. The fraction of sp³-hybridized carbons (Fsp3) is 0.250. The van der Waals surface area contributed by atoms with Crippen LogP contribution in [0.1, 0.15) is 23.1 Å². The second kappa shape index (κ2) is 8.30. The van der Waals surface area contributed by atoms with Crippen molar-refractivity contribution >= 4 is 45.2 Å². The molecule has 4 aromatic rings. The molecule has 0 spiro atoms. The summed E-state index contributed by atoms with van der Waals surface area (Å²) < 4.78 is 0. The zero-order chi connectivity index (χ0) is 20.4. The number of thioether (sulfide) groups is 1. The van der Waals surface area contributed by atoms with E-state index in [1.807, 2.05) is 19.1 Å². The smallest absolute Gasteiger partial charge is 0.236 e. The van der Waals surface area contributed by atoms with Gasteiger partial charge in [-0.1, -0.05) is 30.0 Å². The summed E-state index contributed by atoms with van der Waals surface area (Å²) in [5.74, 6) is 0.925. The van der Waals surface area contributed by atoms with Gasteiger partial charge in [-0.15, -0.1) is 10.2 Å². The molecule has 4 rings (SSSR count). The van der Waals surface area contributed by atoms with Crippen molar-refractivity contribution in [3.05, 3.63) is 46.6 Å². The van der Waals surface area contributed by atoms with Crippen molar-refractivity contribution in [2.45, 2.75) is 32.2 Å². The number of nitrogens with zero attached hydrogens (tertiary/aromatic N) is 4. The van der Waals surface area contributed by atoms with E-state index in [2.05, 4.69) is 56.4 Å². The van der Waals surface area contributed by atoms with Crippen LogP contribution in [0, 0.1) is 13.8 Å². The molecular weight excluding hydrogens is 404 g/mol. The Balaban J connectivity index is 1.39. The molecule has 3 heterocycles. The third kappa shape index (κ3) is 4.46. The molecule has 0 saturated carbocycles. The van der Waals surface area contributed by atoms with Gasteiger partial charge < -0.3 is 4.98 Å². The molecule has 0 atom stereocenters. The molecule has 1 amide bonds. The van der Waals surface area contributed by atoms with Gasteiger partial charge in [0.05, 0.1) is 21.8 Å². The Morgan fingerprint density at radius 3 is 2.76 bits per heavy atom. The van der Waals surface area contributed by atoms with Crippen LogP contribution >= 0.6 is 23.1 Å². The predicted octanol–water partition coefficient (Wildman–Crippen LogP) is 4.39. The molecule has 0 unspecified atom stereocenters. The first-order chi connectivity index (χ1) is 14.0. The number of imidazole rings is 1. The third-order valence-electron chi connectivity index (χ3n) is 4.47. The van der Waals surface area contributed by atoms with Crippen molar-refractivity contribution in [2.75, 3.05) is 11.1 Å². The highest BCUT2D eigenvalue weighted by atomic mass is 32.2. The summed E-state index contributed by atoms with van der Waals surface area (Å²) in [7, 11) is 0. The van der Waals surface area contributed by atoms with Crippen LogP contribution in [0.2, 0.25) is 0 Å². The maximum absolute atomic E-state index is 12.1. The lowest BCUT2D eigenvalue weighted by atomic mass is 10.1. The first-order valence-corrected chi connectivity index (χ1v) is 11.0. The Morgan fingerprint density at radius 1 is 1.21 bits per heavy atom. The average Bonchev–Trinajstić information content (AvgIpc) is 3.34. The standard InChI is InChI=1S/C20H20N6OS2/c1-4-17-25-26-20(29-17)24-16(27)10-28-18-6-5-13(9-21-18)19-22-14-7-11(2)12(3)8-15(14)23-19/h5-9H,4,10H2,1-3H3,(H,22,23)(H,24,26,27). The highest BCUT2D eigenvalue weighted by Crippen LogP contribution is 2.24. The van der Waals surface area contributed by atoms with Crippen molar-refractivity contribution in [2.24, 2.45) is 0 Å². The van der Waals surface area contributed by atoms with Gasteiger partial charge in [0.15, 0.2) is 0 Å². The largest absolute Gasteiger partial charge is 0.338 e. The van der Waals surface area contributed by atoms with Crippen molar-refractivity contribution in [3.63, 3.8) is 0 Å². The van der Waals surface area contributed by atoms with E-state index in [1.54, 1.807) is 6.20 Å². The number of hydrogen-bond acceptors (Lipinski definition) is 7. The second-order valence-corrected chi connectivity index (χ2v) is 8.67. The molecule has 0 aliphatic carbocycles. The van der Waals surface area contributed by atoms with Gasteiger partial charge in [0.2, 0.25) is 11.0 Å². The molecule has 0 bridgehead atoms. The first kappa shape index (κ1) is 19.5. The zero-order valence-corrected chi connectivity index (χ0v) is 17.9. The van der Waals surface area contributed by atoms with Crippen LogP contribution in [0.5, 0.6) is 0 Å². The molecule has 148 valence electrons. The van der Waals surface area contributed by atoms with E-state index < -0.39 is 0 Å². The monoisotopic (exact) mass is 424 g/mol. The Bertz CT molecular complexity index is 1130. The van der Waals surface area contributed by atoms with Crippen LogP contribution in [-0.2, 0) is 11.2 Å². The summed E-state index contributed by atoms with van der Waals surface area (Å²) in [6.07, 6.45) is 2.58. The quantitative estimate of drug-likeness (QED) is 0.446. The Morgan fingerprint density at radius 2 is 2.03 bits per heavy atom. The number of aryl methyl sites for hydroxylation is 3. The molecule has 2 N–H and O–H groups in total. The molecule has 9 heteroatoms. The van der Waals surface area contributed by atoms with E-state index in [-0.39, 0.29) is 11.7 Å². The molecule has 0 saturated heterocycles. The molecule has 7 nitrogen and oxygen atoms in total. The normalized spacial score (nSPS) is 11.1. The van der Waals surface area contributed by atoms with Gasteiger partial charge >= 0.3 is 0 Å². The van der Waals surface area contributed by atoms with Gasteiger partial charge in [-0.3, -0.25) is 10.1 Å². The number of pyridine rings is 1. The lowest BCUT2D eigenvalue weighted by Crippen LogP contribution is -2.13. The maximum Gasteiger partial charge on any atom is 0.236 e. The van der Waals surface area contributed by atoms with E-state index in [0.29, 0.717) is 5.13 Å². The number of benzene rings is 1. The van der Waals surface area contributed by atoms with Gasteiger partial charge in [-0.25, -0.2) is 9.97 Å². The number of hydrogen-bond donors (Lipinski definition) is 2. The van der Waals surface area contributed by atoms with Crippen molar-refractivity contribution in [1.29, 1.82) is 0 Å². The van der Waals surface area contributed by atoms with Gasteiger partial charge in [0.25, 0.3) is 0 Å². The summed E-state index contributed by atoms with van der Waals surface area (Å²) in [6.45, 7) is 6.18. The molecule has 1 aromatic carbocycles. The van der Waals surface area contributed by atoms with Crippen LogP contribution in [0.4, 0.5) is 5.13 Å². The van der Waals surface area contributed by atoms with Crippen LogP contribution in [0.15, 0.2) is 35.5 Å². The van der Waals surface area contributed by atoms with Crippen LogP contribution in [0.25, 0.3) is 22.4 Å². The van der Waals surface area contributed by atoms with E-state index >= 15 is 0 Å². The number of aromatic nitrogens is 5. The Labute approximate surface area is 176 Å². The minimum Gasteiger partial charge on any atom is -0.338 e. The number of anilines is 1. The van der Waals surface area contributed by atoms with E-state index in [0.717, 1.165) is 38.9 Å². The second-order valence-electron chi connectivity index (χ2n) is 6.62. The van der Waals surface area contributed by atoms with Gasteiger partial charge in [-0.05, 0) is 55.7 Å². The Hall–Kier alpha value is -2.78. The average molecular weight is 425 g/mol. The third-order valence-corrected chi connectivity index (χ3v) is 6.40. The molecule has 0 aliphatic rings. The number of nitrogens with one attached hydrogen (secondary N) is 2. The van der Waals surface area contributed by atoms with E-state index in [1.165, 1.54) is 34.2 Å². The first-order valence-electron chi connectivity index (χ1n) is 9.20. The number of carbonyl (C=O) groups is 1. The minimum atomic E-state index is -0.122. The van der Waals surface area contributed by atoms with Crippen molar-refractivity contribution in [1.82, 2.24) is 25.1 Å². The van der Waals surface area contributed by atoms with Gasteiger partial charge in [0.1, 0.15) is 10.8 Å². The molecule has 0 fully saturated rings. The number of H-pyrrole nitrogens is 1. The number of carbonyl (C=O) groups excluding carboxylic acids is 1. The fourth-order valence-electron chi connectivity index (χ4n) is 2.75. The van der Waals surface area contributed by atoms with Gasteiger partial charge in [-0.2, -0.15) is 0 Å². The lowest BCUT2D eigenvalue weighted by Gasteiger charge is -2.02. The summed E-state index contributed by atoms with van der Waals surface area (Å²) in [4.78, 5) is 24.6. The highest BCUT2D eigenvalue weighted by molar-refractivity contribution is 7.99. The molecule has 3 aromatic heterocycles. The SMILES string of the molecule is CCc1nnc(NC(=O)CSc2ccc(-c3nc4cc(C)c(C)cc4[nH]3)cn2)s1. The summed E-state index contributed by atoms with van der Waals surface area (Å²) >= 11 is 2.77. The topological polar surface area (TPSA) is 96.5 Å². The van der Waals surface area contributed by atoms with Crippen molar-refractivity contribution in [3.8, 4) is 11.4 Å². The van der Waals surface area contributed by atoms with E-state index in [4.69, 9.17) is 0 Å². The molecule has 0 radical (unpaired) electrons. The van der Waals surface area contributed by atoms with Crippen LogP contribution in [0.3, 0.4) is 0 Å². The number of fused-ring (bicyclic) bond motifs is 1. The molecule has 29 heavy (non-hydrogen) atoms. The highest BCUT2D eigenvalue weighted by Gasteiger charge is 2.10. The summed E-state index contributed by atoms with van der Waals surface area (Å²) in [5, 5.41) is 12.9. The number of aromatic amines is 1. The van der Waals surface area contributed by atoms with Gasteiger partial charge in [0, 0.05) is 11.8 Å². The minimum absolute atomic E-state index is 0.122. The summed E-state index contributed by atoms with van der Waals surface area (Å²) in [6, 6.07) is 8.06. The van der Waals surface area contributed by atoms with Crippen LogP contribution in [-0.4, -0.2) is 36.8 Å². The number of rotatable bonds is 6. The Kier molecular flexibility index (Phi) is 5.59. The maximum atomic E-state index is 12.1. The molecular formula is C20H20N6OS2. The van der Waals surface area contributed by atoms with Crippen LogP contribution < -0.4 is 5.32 Å². The fourth-order valence-corrected chi connectivity index (χ4v) is 4.09.